The van der Waals surface area contributed by atoms with Crippen molar-refractivity contribution in [1.29, 1.82) is 0 Å². The van der Waals surface area contributed by atoms with Crippen molar-refractivity contribution in [3.05, 3.63) is 29.8 Å². The molecular formula is C11H18N2O3S. The van der Waals surface area contributed by atoms with Gasteiger partial charge >= 0.3 is 0 Å². The van der Waals surface area contributed by atoms with Crippen molar-refractivity contribution in [2.45, 2.75) is 13.0 Å². The molecule has 1 aromatic rings. The minimum absolute atomic E-state index is 0.0726. The van der Waals surface area contributed by atoms with Crippen LogP contribution < -0.4 is 10.5 Å². The van der Waals surface area contributed by atoms with Crippen molar-refractivity contribution >= 4 is 15.7 Å². The number of benzene rings is 1. The number of nitrogens with one attached hydrogen (secondary N) is 1. The highest BCUT2D eigenvalue weighted by Gasteiger charge is 2.09. The van der Waals surface area contributed by atoms with Gasteiger partial charge in [-0.3, -0.25) is 0 Å². The van der Waals surface area contributed by atoms with Crippen LogP contribution in [-0.4, -0.2) is 27.9 Å². The van der Waals surface area contributed by atoms with Gasteiger partial charge in [-0.15, -0.1) is 0 Å². The molecule has 0 aromatic heterocycles. The molecule has 0 radical (unpaired) electrons. The van der Waals surface area contributed by atoms with E-state index in [1.165, 1.54) is 0 Å². The monoisotopic (exact) mass is 258 g/mol. The van der Waals surface area contributed by atoms with E-state index < -0.39 is 10.0 Å². The van der Waals surface area contributed by atoms with Crippen molar-refractivity contribution in [2.75, 3.05) is 25.2 Å². The first kappa shape index (κ1) is 14.0. The Morgan fingerprint density at radius 1 is 1.41 bits per heavy atom. The number of hydrogen-bond donors (Lipinski definition) is 2. The van der Waals surface area contributed by atoms with Crippen molar-refractivity contribution in [3.8, 4) is 0 Å². The van der Waals surface area contributed by atoms with Gasteiger partial charge in [0.2, 0.25) is 10.0 Å². The number of rotatable bonds is 7. The number of nitrogens with two attached hydrogens (primary N) is 1. The summed E-state index contributed by atoms with van der Waals surface area (Å²) in [6, 6.07) is 7.13. The predicted molar refractivity (Wildman–Crippen MR) is 68.0 cm³/mol. The van der Waals surface area contributed by atoms with E-state index >= 15 is 0 Å². The highest BCUT2D eigenvalue weighted by atomic mass is 32.2. The molecule has 3 N–H and O–H groups in total. The average Bonchev–Trinajstić information content (AvgIpc) is 2.27. The fourth-order valence-corrected chi connectivity index (χ4v) is 2.39. The first-order chi connectivity index (χ1) is 8.03. The molecule has 0 bridgehead atoms. The molecule has 1 aromatic carbocycles. The van der Waals surface area contributed by atoms with Crippen LogP contribution in [0.25, 0.3) is 0 Å². The SMILES string of the molecule is COCCCS(=O)(=O)NCc1cccc(N)c1. The molecule has 0 fully saturated rings. The maximum absolute atomic E-state index is 11.6. The van der Waals surface area contributed by atoms with Gasteiger partial charge in [0.1, 0.15) is 0 Å². The molecule has 0 aliphatic heterocycles. The Bertz CT molecular complexity index is 446. The fourth-order valence-electron chi connectivity index (χ4n) is 1.36. The predicted octanol–water partition coefficient (Wildman–Crippen LogP) is 0.725. The first-order valence-corrected chi connectivity index (χ1v) is 6.99. The molecule has 0 heterocycles. The lowest BCUT2D eigenvalue weighted by Crippen LogP contribution is -2.26. The van der Waals surface area contributed by atoms with E-state index in [9.17, 15) is 8.42 Å². The van der Waals surface area contributed by atoms with Crippen molar-refractivity contribution in [1.82, 2.24) is 4.72 Å². The zero-order chi connectivity index (χ0) is 12.7. The van der Waals surface area contributed by atoms with Gasteiger partial charge in [-0.1, -0.05) is 12.1 Å². The topological polar surface area (TPSA) is 81.4 Å². The third-order valence-corrected chi connectivity index (χ3v) is 3.62. The van der Waals surface area contributed by atoms with Crippen LogP contribution in [0.15, 0.2) is 24.3 Å². The zero-order valence-corrected chi connectivity index (χ0v) is 10.7. The second kappa shape index (κ2) is 6.58. The van der Waals surface area contributed by atoms with Crippen LogP contribution in [0.5, 0.6) is 0 Å². The Morgan fingerprint density at radius 2 is 2.18 bits per heavy atom. The molecule has 0 aliphatic rings. The second-order valence-electron chi connectivity index (χ2n) is 3.73. The Morgan fingerprint density at radius 3 is 2.82 bits per heavy atom. The van der Waals surface area contributed by atoms with Gasteiger partial charge in [-0.2, -0.15) is 0 Å². The van der Waals surface area contributed by atoms with Crippen molar-refractivity contribution in [3.63, 3.8) is 0 Å². The summed E-state index contributed by atoms with van der Waals surface area (Å²) in [5.41, 5.74) is 7.08. The maximum atomic E-state index is 11.6. The van der Waals surface area contributed by atoms with Gasteiger partial charge in [0, 0.05) is 25.9 Å². The van der Waals surface area contributed by atoms with Crippen LogP contribution in [0.1, 0.15) is 12.0 Å². The molecule has 17 heavy (non-hydrogen) atoms. The van der Waals surface area contributed by atoms with E-state index in [0.717, 1.165) is 5.56 Å². The average molecular weight is 258 g/mol. The van der Waals surface area contributed by atoms with Crippen molar-refractivity contribution < 1.29 is 13.2 Å². The largest absolute Gasteiger partial charge is 0.399 e. The summed E-state index contributed by atoms with van der Waals surface area (Å²) in [4.78, 5) is 0. The summed E-state index contributed by atoms with van der Waals surface area (Å²) in [5, 5.41) is 0. The van der Waals surface area contributed by atoms with E-state index in [2.05, 4.69) is 4.72 Å². The molecule has 96 valence electrons. The molecule has 0 unspecified atom stereocenters. The van der Waals surface area contributed by atoms with E-state index in [-0.39, 0.29) is 12.3 Å². The molecular weight excluding hydrogens is 240 g/mol. The quantitative estimate of drug-likeness (QED) is 0.558. The number of nitrogen functional groups attached to an aromatic ring is 1. The van der Waals surface area contributed by atoms with Gasteiger partial charge in [0.25, 0.3) is 0 Å². The molecule has 0 saturated carbocycles. The number of ether oxygens (including phenoxy) is 1. The van der Waals surface area contributed by atoms with E-state index in [0.29, 0.717) is 18.7 Å². The Kier molecular flexibility index (Phi) is 5.40. The summed E-state index contributed by atoms with van der Waals surface area (Å²) in [6.45, 7) is 0.708. The number of hydrogen-bond acceptors (Lipinski definition) is 4. The van der Waals surface area contributed by atoms with Crippen LogP contribution >= 0.6 is 0 Å². The van der Waals surface area contributed by atoms with Crippen LogP contribution in [0.2, 0.25) is 0 Å². The fraction of sp³-hybridized carbons (Fsp3) is 0.455. The smallest absolute Gasteiger partial charge is 0.211 e. The normalized spacial score (nSPS) is 11.6. The third-order valence-electron chi connectivity index (χ3n) is 2.21. The Hall–Kier alpha value is -1.11. The van der Waals surface area contributed by atoms with Crippen LogP contribution in [0.4, 0.5) is 5.69 Å². The molecule has 0 amide bonds. The lowest BCUT2D eigenvalue weighted by Gasteiger charge is -2.07. The summed E-state index contributed by atoms with van der Waals surface area (Å²) in [7, 11) is -1.69. The first-order valence-electron chi connectivity index (χ1n) is 5.34. The number of methoxy groups -OCH3 is 1. The van der Waals surface area contributed by atoms with Crippen LogP contribution in [0.3, 0.4) is 0 Å². The van der Waals surface area contributed by atoms with E-state index in [1.54, 1.807) is 25.3 Å². The third kappa shape index (κ3) is 5.67. The molecule has 0 saturated heterocycles. The minimum Gasteiger partial charge on any atom is -0.399 e. The second-order valence-corrected chi connectivity index (χ2v) is 5.66. The molecule has 6 heteroatoms. The van der Waals surface area contributed by atoms with Gasteiger partial charge in [-0.25, -0.2) is 13.1 Å². The van der Waals surface area contributed by atoms with Crippen LogP contribution in [-0.2, 0) is 21.3 Å². The molecule has 1 rings (SSSR count). The number of sulfonamides is 1. The van der Waals surface area contributed by atoms with Crippen molar-refractivity contribution in [2.24, 2.45) is 0 Å². The minimum atomic E-state index is -3.24. The van der Waals surface area contributed by atoms with Gasteiger partial charge in [0.15, 0.2) is 0 Å². The Labute approximate surface area is 102 Å². The molecule has 5 nitrogen and oxygen atoms in total. The standard InChI is InChI=1S/C11H18N2O3S/c1-16-6-3-7-17(14,15)13-9-10-4-2-5-11(12)8-10/h2,4-5,8,13H,3,6-7,9,12H2,1H3. The maximum Gasteiger partial charge on any atom is 0.211 e. The zero-order valence-electron chi connectivity index (χ0n) is 9.85. The van der Waals surface area contributed by atoms with E-state index in [1.807, 2.05) is 6.07 Å². The molecule has 0 atom stereocenters. The lowest BCUT2D eigenvalue weighted by molar-refractivity contribution is 0.199. The van der Waals surface area contributed by atoms with Gasteiger partial charge in [0.05, 0.1) is 5.75 Å². The summed E-state index contributed by atoms with van der Waals surface area (Å²) in [5.74, 6) is 0.0726. The molecule has 0 aliphatic carbocycles. The summed E-state index contributed by atoms with van der Waals surface area (Å²) < 4.78 is 30.5. The van der Waals surface area contributed by atoms with E-state index in [4.69, 9.17) is 10.5 Å². The highest BCUT2D eigenvalue weighted by Crippen LogP contribution is 2.06. The number of anilines is 1. The summed E-state index contributed by atoms with van der Waals surface area (Å²) >= 11 is 0. The lowest BCUT2D eigenvalue weighted by atomic mass is 10.2. The van der Waals surface area contributed by atoms with Crippen LogP contribution in [0, 0.1) is 0 Å². The van der Waals surface area contributed by atoms with Gasteiger partial charge in [-0.05, 0) is 24.1 Å². The molecule has 0 spiro atoms. The summed E-state index contributed by atoms with van der Waals surface area (Å²) in [6.07, 6.45) is 0.489. The highest BCUT2D eigenvalue weighted by molar-refractivity contribution is 7.89. The van der Waals surface area contributed by atoms with Gasteiger partial charge < -0.3 is 10.5 Å². The Balaban J connectivity index is 2.44.